The predicted octanol–water partition coefficient (Wildman–Crippen LogP) is 0.771. The zero-order chi connectivity index (χ0) is 13.8. The van der Waals surface area contributed by atoms with Crippen LogP contribution in [0.1, 0.15) is 42.5 Å². The molecule has 0 heterocycles. The largest absolute Gasteiger partial charge is 0.488 e. The Hall–Kier alpha value is -1.33. The summed E-state index contributed by atoms with van der Waals surface area (Å²) in [4.78, 5) is 14.2. The molecule has 0 spiro atoms. The molecule has 0 atom stereocenters. The smallest absolute Gasteiger partial charge is 0.423 e. The monoisotopic (exact) mass is 261 g/mol. The molecule has 2 rings (SSSR count). The van der Waals surface area contributed by atoms with Crippen LogP contribution in [0.2, 0.25) is 0 Å². The second-order valence-corrected chi connectivity index (χ2v) is 5.21. The molecule has 0 unspecified atom stereocenters. The Labute approximate surface area is 114 Å². The summed E-state index contributed by atoms with van der Waals surface area (Å²) in [5.74, 6) is -0.0469. The van der Waals surface area contributed by atoms with Gasteiger partial charge in [-0.3, -0.25) is 4.79 Å². The van der Waals surface area contributed by atoms with Crippen molar-refractivity contribution in [2.75, 3.05) is 7.05 Å². The molecule has 0 aromatic heterocycles. The van der Waals surface area contributed by atoms with E-state index in [4.69, 9.17) is 10.0 Å². The molecule has 2 N–H and O–H groups in total. The zero-order valence-electron chi connectivity index (χ0n) is 11.2. The molecule has 4 nitrogen and oxygen atoms in total. The first kappa shape index (κ1) is 14.1. The Morgan fingerprint density at radius 1 is 1.26 bits per heavy atom. The molecule has 0 radical (unpaired) electrons. The van der Waals surface area contributed by atoms with E-state index < -0.39 is 7.12 Å². The summed E-state index contributed by atoms with van der Waals surface area (Å²) in [7, 11) is 0.299. The topological polar surface area (TPSA) is 60.8 Å². The summed E-state index contributed by atoms with van der Waals surface area (Å²) in [6, 6.07) is 6.85. The van der Waals surface area contributed by atoms with Crippen molar-refractivity contribution in [2.24, 2.45) is 0 Å². The molecule has 5 heteroatoms. The van der Waals surface area contributed by atoms with Crippen LogP contribution in [0.3, 0.4) is 0 Å². The summed E-state index contributed by atoms with van der Waals surface area (Å²) in [6.07, 6.45) is 5.73. The maximum atomic E-state index is 12.4. The van der Waals surface area contributed by atoms with Gasteiger partial charge in [-0.1, -0.05) is 31.4 Å². The minimum absolute atomic E-state index is 0.0469. The fourth-order valence-electron chi connectivity index (χ4n) is 2.67. The first-order valence-corrected chi connectivity index (χ1v) is 6.83. The van der Waals surface area contributed by atoms with Crippen molar-refractivity contribution < 1.29 is 14.8 Å². The van der Waals surface area contributed by atoms with E-state index in [1.807, 2.05) is 7.05 Å². The number of benzene rings is 1. The van der Waals surface area contributed by atoms with Crippen molar-refractivity contribution in [3.8, 4) is 0 Å². The quantitative estimate of drug-likeness (QED) is 0.790. The molecule has 1 aliphatic rings. The second-order valence-electron chi connectivity index (χ2n) is 5.21. The minimum atomic E-state index is -1.53. The summed E-state index contributed by atoms with van der Waals surface area (Å²) in [5.41, 5.74) is 0.863. The lowest BCUT2D eigenvalue weighted by molar-refractivity contribution is 0.0696. The lowest BCUT2D eigenvalue weighted by Gasteiger charge is -2.31. The van der Waals surface area contributed by atoms with Gasteiger partial charge in [0.05, 0.1) is 0 Å². The average Bonchev–Trinajstić information content (AvgIpc) is 2.46. The molecular weight excluding hydrogens is 241 g/mol. The third-order valence-corrected chi connectivity index (χ3v) is 3.87. The molecule has 0 bridgehead atoms. The number of nitrogens with zero attached hydrogens (tertiary/aromatic N) is 1. The van der Waals surface area contributed by atoms with Crippen LogP contribution in [0.4, 0.5) is 0 Å². The van der Waals surface area contributed by atoms with E-state index in [0.29, 0.717) is 17.1 Å². The highest BCUT2D eigenvalue weighted by molar-refractivity contribution is 6.58. The van der Waals surface area contributed by atoms with Gasteiger partial charge in [-0.2, -0.15) is 0 Å². The van der Waals surface area contributed by atoms with Gasteiger partial charge in [-0.15, -0.1) is 0 Å². The molecular formula is C14H20BNO3. The molecule has 19 heavy (non-hydrogen) atoms. The van der Waals surface area contributed by atoms with Crippen molar-refractivity contribution in [2.45, 2.75) is 38.1 Å². The van der Waals surface area contributed by atoms with E-state index in [0.717, 1.165) is 12.8 Å². The van der Waals surface area contributed by atoms with E-state index in [9.17, 15) is 4.79 Å². The molecule has 1 aromatic rings. The Balaban J connectivity index is 2.11. The highest BCUT2D eigenvalue weighted by Gasteiger charge is 2.23. The first-order chi connectivity index (χ1) is 9.09. The molecule has 102 valence electrons. The van der Waals surface area contributed by atoms with Gasteiger partial charge in [-0.25, -0.2) is 0 Å². The number of carbonyl (C=O) groups excluding carboxylic acids is 1. The van der Waals surface area contributed by atoms with Crippen molar-refractivity contribution in [1.29, 1.82) is 0 Å². The van der Waals surface area contributed by atoms with Gasteiger partial charge in [0.1, 0.15) is 0 Å². The van der Waals surface area contributed by atoms with Gasteiger partial charge in [0, 0.05) is 18.7 Å². The van der Waals surface area contributed by atoms with Gasteiger partial charge in [0.15, 0.2) is 0 Å². The predicted molar refractivity (Wildman–Crippen MR) is 75.2 cm³/mol. The number of hydrogen-bond acceptors (Lipinski definition) is 3. The third-order valence-electron chi connectivity index (χ3n) is 3.87. The minimum Gasteiger partial charge on any atom is -0.423 e. The number of hydrogen-bond donors (Lipinski definition) is 2. The molecule has 1 amide bonds. The van der Waals surface area contributed by atoms with Crippen LogP contribution in [-0.2, 0) is 0 Å². The molecule has 0 aliphatic heterocycles. The van der Waals surface area contributed by atoms with Crippen LogP contribution in [-0.4, -0.2) is 41.1 Å². The molecule has 1 fully saturated rings. The second kappa shape index (κ2) is 6.22. The molecule has 1 saturated carbocycles. The van der Waals surface area contributed by atoms with E-state index in [2.05, 4.69) is 0 Å². The van der Waals surface area contributed by atoms with Crippen LogP contribution >= 0.6 is 0 Å². The normalized spacial score (nSPS) is 16.2. The number of rotatable bonds is 3. The SMILES string of the molecule is CN(C(=O)c1cccc(B(O)O)c1)C1CCCCC1. The summed E-state index contributed by atoms with van der Waals surface area (Å²) in [5, 5.41) is 18.3. The van der Waals surface area contributed by atoms with Gasteiger partial charge < -0.3 is 14.9 Å². The first-order valence-electron chi connectivity index (χ1n) is 6.83. The fraction of sp³-hybridized carbons (Fsp3) is 0.500. The Bertz CT molecular complexity index is 444. The van der Waals surface area contributed by atoms with Crippen molar-refractivity contribution in [1.82, 2.24) is 4.90 Å². The highest BCUT2D eigenvalue weighted by Crippen LogP contribution is 2.22. The van der Waals surface area contributed by atoms with Crippen molar-refractivity contribution in [3.63, 3.8) is 0 Å². The van der Waals surface area contributed by atoms with Gasteiger partial charge in [0.25, 0.3) is 5.91 Å². The maximum Gasteiger partial charge on any atom is 0.488 e. The van der Waals surface area contributed by atoms with Gasteiger partial charge >= 0.3 is 7.12 Å². The lowest BCUT2D eigenvalue weighted by atomic mass is 9.79. The highest BCUT2D eigenvalue weighted by atomic mass is 16.4. The maximum absolute atomic E-state index is 12.4. The standard InChI is InChI=1S/C14H20BNO3/c1-16(13-8-3-2-4-9-13)14(17)11-6-5-7-12(10-11)15(18)19/h5-7,10,13,18-19H,2-4,8-9H2,1H3. The van der Waals surface area contributed by atoms with E-state index >= 15 is 0 Å². The summed E-state index contributed by atoms with van der Waals surface area (Å²) < 4.78 is 0. The van der Waals surface area contributed by atoms with E-state index in [1.54, 1.807) is 29.2 Å². The molecule has 0 saturated heterocycles. The van der Waals surface area contributed by atoms with Crippen molar-refractivity contribution in [3.05, 3.63) is 29.8 Å². The van der Waals surface area contributed by atoms with E-state index in [1.165, 1.54) is 19.3 Å². The van der Waals surface area contributed by atoms with Crippen LogP contribution < -0.4 is 5.46 Å². The van der Waals surface area contributed by atoms with Crippen LogP contribution in [0, 0.1) is 0 Å². The lowest BCUT2D eigenvalue weighted by Crippen LogP contribution is -2.39. The average molecular weight is 261 g/mol. The van der Waals surface area contributed by atoms with Gasteiger partial charge in [-0.05, 0) is 30.4 Å². The van der Waals surface area contributed by atoms with Crippen LogP contribution in [0.15, 0.2) is 24.3 Å². The Kier molecular flexibility index (Phi) is 4.61. The van der Waals surface area contributed by atoms with E-state index in [-0.39, 0.29) is 5.91 Å². The Morgan fingerprint density at radius 3 is 2.58 bits per heavy atom. The molecule has 1 aromatic carbocycles. The van der Waals surface area contributed by atoms with Crippen LogP contribution in [0.5, 0.6) is 0 Å². The number of amides is 1. The number of carbonyl (C=O) groups is 1. The van der Waals surface area contributed by atoms with Gasteiger partial charge in [0.2, 0.25) is 0 Å². The van der Waals surface area contributed by atoms with Crippen molar-refractivity contribution >= 4 is 18.5 Å². The third kappa shape index (κ3) is 3.36. The Morgan fingerprint density at radius 2 is 1.95 bits per heavy atom. The van der Waals surface area contributed by atoms with Crippen LogP contribution in [0.25, 0.3) is 0 Å². The fourth-order valence-corrected chi connectivity index (χ4v) is 2.67. The molecule has 1 aliphatic carbocycles. The summed E-state index contributed by atoms with van der Waals surface area (Å²) in [6.45, 7) is 0. The summed E-state index contributed by atoms with van der Waals surface area (Å²) >= 11 is 0. The zero-order valence-corrected chi connectivity index (χ0v) is 11.2.